The molecule has 1 aliphatic heterocycles. The van der Waals surface area contributed by atoms with Crippen molar-refractivity contribution >= 4 is 33.4 Å². The summed E-state index contributed by atoms with van der Waals surface area (Å²) in [7, 11) is 2.05. The Balaban J connectivity index is 1.70. The molecule has 1 aromatic carbocycles. The summed E-state index contributed by atoms with van der Waals surface area (Å²) in [6.07, 6.45) is 1.30. The second-order valence-corrected chi connectivity index (χ2v) is 7.51. The van der Waals surface area contributed by atoms with Crippen LogP contribution in [0, 0.1) is 12.3 Å². The van der Waals surface area contributed by atoms with Gasteiger partial charge in [-0.3, -0.25) is 9.59 Å². The summed E-state index contributed by atoms with van der Waals surface area (Å²) in [6, 6.07) is 5.72. The Bertz CT molecular complexity index is 635. The average molecular weight is 380 g/mol. The lowest BCUT2D eigenvalue weighted by Crippen LogP contribution is -2.51. The first-order valence-corrected chi connectivity index (χ1v) is 8.77. The van der Waals surface area contributed by atoms with Crippen LogP contribution in [0.5, 0.6) is 0 Å². The van der Waals surface area contributed by atoms with Crippen molar-refractivity contribution in [2.75, 3.05) is 38.5 Å². The molecular formula is C17H22BrN3O2. The Morgan fingerprint density at radius 2 is 1.83 bits per heavy atom. The molecule has 124 valence electrons. The van der Waals surface area contributed by atoms with Crippen LogP contribution >= 0.6 is 15.9 Å². The van der Waals surface area contributed by atoms with E-state index in [2.05, 4.69) is 33.2 Å². The van der Waals surface area contributed by atoms with E-state index in [1.54, 1.807) is 0 Å². The van der Waals surface area contributed by atoms with Crippen molar-refractivity contribution in [1.82, 2.24) is 9.80 Å². The van der Waals surface area contributed by atoms with E-state index in [0.717, 1.165) is 28.8 Å². The zero-order valence-electron chi connectivity index (χ0n) is 13.6. The van der Waals surface area contributed by atoms with Crippen LogP contribution in [0.3, 0.4) is 0 Å². The summed E-state index contributed by atoms with van der Waals surface area (Å²) in [6.45, 7) is 5.11. The number of halogens is 1. The molecule has 2 fully saturated rings. The fourth-order valence-corrected chi connectivity index (χ4v) is 3.46. The molecule has 6 heteroatoms. The molecule has 1 aromatic rings. The number of rotatable bonds is 3. The maximum atomic E-state index is 12.8. The van der Waals surface area contributed by atoms with Crippen LogP contribution < -0.4 is 5.32 Å². The Labute approximate surface area is 145 Å². The molecule has 5 nitrogen and oxygen atoms in total. The standard InChI is InChI=1S/C17H22BrN3O2/c1-12-11-13(18)3-4-14(12)19-15(22)17(5-6-17)16(23)21-9-7-20(2)8-10-21/h3-4,11H,5-10H2,1-2H3,(H,19,22). The molecule has 0 spiro atoms. The van der Waals surface area contributed by atoms with E-state index >= 15 is 0 Å². The van der Waals surface area contributed by atoms with Gasteiger partial charge in [-0.15, -0.1) is 0 Å². The number of nitrogens with one attached hydrogen (secondary N) is 1. The number of carbonyl (C=O) groups is 2. The second kappa shape index (κ2) is 6.24. The molecule has 1 saturated carbocycles. The normalized spacial score (nSPS) is 20.2. The topological polar surface area (TPSA) is 52.7 Å². The fourth-order valence-electron chi connectivity index (χ4n) is 2.98. The first-order chi connectivity index (χ1) is 10.9. The molecule has 2 amide bonds. The highest BCUT2D eigenvalue weighted by molar-refractivity contribution is 9.10. The van der Waals surface area contributed by atoms with Crippen LogP contribution in [0.4, 0.5) is 5.69 Å². The van der Waals surface area contributed by atoms with Crippen LogP contribution in [0.15, 0.2) is 22.7 Å². The van der Waals surface area contributed by atoms with E-state index < -0.39 is 5.41 Å². The van der Waals surface area contributed by atoms with E-state index in [1.165, 1.54) is 0 Å². The van der Waals surface area contributed by atoms with Crippen molar-refractivity contribution in [2.24, 2.45) is 5.41 Å². The molecule has 0 unspecified atom stereocenters. The van der Waals surface area contributed by atoms with Crippen molar-refractivity contribution in [2.45, 2.75) is 19.8 Å². The maximum Gasteiger partial charge on any atom is 0.240 e. The molecule has 1 aliphatic carbocycles. The summed E-state index contributed by atoms with van der Waals surface area (Å²) in [5.74, 6) is -0.162. The van der Waals surface area contributed by atoms with Crippen LogP contribution in [-0.2, 0) is 9.59 Å². The van der Waals surface area contributed by atoms with Crippen molar-refractivity contribution in [1.29, 1.82) is 0 Å². The predicted octanol–water partition coefficient (Wildman–Crippen LogP) is 2.25. The average Bonchev–Trinajstić information content (AvgIpc) is 3.32. The molecule has 1 saturated heterocycles. The summed E-state index contributed by atoms with van der Waals surface area (Å²) in [4.78, 5) is 29.6. The largest absolute Gasteiger partial charge is 0.339 e. The van der Waals surface area contributed by atoms with E-state index in [1.807, 2.05) is 30.0 Å². The molecule has 0 atom stereocenters. The van der Waals surface area contributed by atoms with Gasteiger partial charge in [-0.25, -0.2) is 0 Å². The van der Waals surface area contributed by atoms with E-state index in [0.29, 0.717) is 25.9 Å². The molecule has 2 aliphatic rings. The number of benzene rings is 1. The molecule has 0 bridgehead atoms. The number of piperazine rings is 1. The van der Waals surface area contributed by atoms with Gasteiger partial charge in [0.05, 0.1) is 0 Å². The van der Waals surface area contributed by atoms with E-state index in [-0.39, 0.29) is 11.8 Å². The van der Waals surface area contributed by atoms with Crippen LogP contribution in [0.2, 0.25) is 0 Å². The number of hydrogen-bond acceptors (Lipinski definition) is 3. The van der Waals surface area contributed by atoms with Gasteiger partial charge in [-0.1, -0.05) is 15.9 Å². The highest BCUT2D eigenvalue weighted by Gasteiger charge is 2.58. The zero-order valence-corrected chi connectivity index (χ0v) is 15.1. The van der Waals surface area contributed by atoms with Gasteiger partial charge in [0.25, 0.3) is 0 Å². The van der Waals surface area contributed by atoms with Crippen LogP contribution in [-0.4, -0.2) is 54.8 Å². The van der Waals surface area contributed by atoms with Crippen molar-refractivity contribution < 1.29 is 9.59 Å². The number of carbonyl (C=O) groups excluding carboxylic acids is 2. The maximum absolute atomic E-state index is 12.8. The third-order valence-electron chi connectivity index (χ3n) is 4.82. The number of likely N-dealkylation sites (N-methyl/N-ethyl adjacent to an activating group) is 1. The van der Waals surface area contributed by atoms with Gasteiger partial charge >= 0.3 is 0 Å². The minimum absolute atomic E-state index is 0.00198. The fraction of sp³-hybridized carbons (Fsp3) is 0.529. The summed E-state index contributed by atoms with van der Waals surface area (Å²) < 4.78 is 0.975. The number of aryl methyl sites for hydroxylation is 1. The van der Waals surface area contributed by atoms with Crippen LogP contribution in [0.25, 0.3) is 0 Å². The van der Waals surface area contributed by atoms with Gasteiger partial charge in [-0.05, 0) is 50.6 Å². The first kappa shape index (κ1) is 16.5. The second-order valence-electron chi connectivity index (χ2n) is 6.59. The van der Waals surface area contributed by atoms with Crippen molar-refractivity contribution in [3.05, 3.63) is 28.2 Å². The monoisotopic (exact) mass is 379 g/mol. The lowest BCUT2D eigenvalue weighted by atomic mass is 10.0. The lowest BCUT2D eigenvalue weighted by molar-refractivity contribution is -0.143. The number of anilines is 1. The van der Waals surface area contributed by atoms with Gasteiger partial charge in [0.1, 0.15) is 5.41 Å². The zero-order chi connectivity index (χ0) is 16.6. The quantitative estimate of drug-likeness (QED) is 0.819. The highest BCUT2D eigenvalue weighted by Crippen LogP contribution is 2.48. The highest BCUT2D eigenvalue weighted by atomic mass is 79.9. The number of amides is 2. The predicted molar refractivity (Wildman–Crippen MR) is 93.3 cm³/mol. The smallest absolute Gasteiger partial charge is 0.240 e. The molecule has 23 heavy (non-hydrogen) atoms. The van der Waals surface area contributed by atoms with E-state index in [9.17, 15) is 9.59 Å². The third-order valence-corrected chi connectivity index (χ3v) is 5.31. The van der Waals surface area contributed by atoms with Crippen molar-refractivity contribution in [3.63, 3.8) is 0 Å². The van der Waals surface area contributed by atoms with E-state index in [4.69, 9.17) is 0 Å². The summed E-state index contributed by atoms with van der Waals surface area (Å²) in [5, 5.41) is 2.95. The Hall–Kier alpha value is -1.40. The van der Waals surface area contributed by atoms with Gasteiger partial charge in [0.15, 0.2) is 0 Å². The Kier molecular flexibility index (Phi) is 4.47. The molecule has 0 aromatic heterocycles. The van der Waals surface area contributed by atoms with Gasteiger partial charge in [-0.2, -0.15) is 0 Å². The third kappa shape index (κ3) is 3.28. The van der Waals surface area contributed by atoms with Gasteiger partial charge in [0.2, 0.25) is 11.8 Å². The molecule has 0 radical (unpaired) electrons. The minimum Gasteiger partial charge on any atom is -0.339 e. The summed E-state index contributed by atoms with van der Waals surface area (Å²) >= 11 is 3.42. The lowest BCUT2D eigenvalue weighted by Gasteiger charge is -2.34. The minimum atomic E-state index is -0.838. The first-order valence-electron chi connectivity index (χ1n) is 7.98. The number of nitrogens with zero attached hydrogens (tertiary/aromatic N) is 2. The van der Waals surface area contributed by atoms with Gasteiger partial charge in [0, 0.05) is 36.3 Å². The SMILES string of the molecule is Cc1cc(Br)ccc1NC(=O)C1(C(=O)N2CCN(C)CC2)CC1. The molecule has 3 rings (SSSR count). The van der Waals surface area contributed by atoms with Gasteiger partial charge < -0.3 is 15.1 Å². The molecule has 1 heterocycles. The Morgan fingerprint density at radius 1 is 1.17 bits per heavy atom. The Morgan fingerprint density at radius 3 is 2.39 bits per heavy atom. The molecule has 1 N–H and O–H groups in total. The number of hydrogen-bond donors (Lipinski definition) is 1. The molecular weight excluding hydrogens is 358 g/mol. The summed E-state index contributed by atoms with van der Waals surface area (Å²) in [5.41, 5.74) is 0.918. The van der Waals surface area contributed by atoms with Crippen LogP contribution in [0.1, 0.15) is 18.4 Å². The van der Waals surface area contributed by atoms with Crippen molar-refractivity contribution in [3.8, 4) is 0 Å².